The molecule has 0 aliphatic carbocycles. The number of carbonyl (C=O) groups excluding carboxylic acids is 1. The van der Waals surface area contributed by atoms with Gasteiger partial charge in [-0.05, 0) is 37.1 Å². The number of hydrogen-bond acceptors (Lipinski definition) is 3. The maximum Gasteiger partial charge on any atom is 0.137 e. The number of carbonyl (C=O) groups is 1. The second-order valence-electron chi connectivity index (χ2n) is 4.34. The highest BCUT2D eigenvalue weighted by Gasteiger charge is 2.04. The largest absolute Gasteiger partial charge is 0.508 e. The van der Waals surface area contributed by atoms with E-state index in [9.17, 15) is 9.90 Å². The lowest BCUT2D eigenvalue weighted by molar-refractivity contribution is -0.118. The summed E-state index contributed by atoms with van der Waals surface area (Å²) in [7, 11) is 0. The molecule has 0 aliphatic heterocycles. The van der Waals surface area contributed by atoms with Crippen LogP contribution < -0.4 is 5.73 Å². The minimum atomic E-state index is 0.221. The zero-order valence-corrected chi connectivity index (χ0v) is 10.2. The molecule has 0 saturated carbocycles. The Balaban J connectivity index is 2.21. The second kappa shape index (κ2) is 7.85. The number of phenolic OH excluding ortho intramolecular Hbond substituents is 1. The summed E-state index contributed by atoms with van der Waals surface area (Å²) in [6.07, 6.45) is 5.21. The molecule has 0 heterocycles. The predicted octanol–water partition coefficient (Wildman–Crippen LogP) is 2.41. The number of rotatable bonds is 8. The first-order chi connectivity index (χ1) is 8.22. The smallest absolute Gasteiger partial charge is 0.137 e. The Morgan fingerprint density at radius 1 is 1.18 bits per heavy atom. The molecule has 0 unspecified atom stereocenters. The summed E-state index contributed by atoms with van der Waals surface area (Å²) < 4.78 is 0. The first kappa shape index (κ1) is 13.7. The third-order valence-electron chi connectivity index (χ3n) is 2.72. The van der Waals surface area contributed by atoms with Crippen molar-refractivity contribution in [2.24, 2.45) is 5.73 Å². The number of phenols is 1. The molecule has 94 valence electrons. The van der Waals surface area contributed by atoms with Gasteiger partial charge in [0.2, 0.25) is 0 Å². The van der Waals surface area contributed by atoms with Crippen LogP contribution in [-0.4, -0.2) is 17.4 Å². The number of nitrogens with two attached hydrogens (primary N) is 1. The molecule has 3 nitrogen and oxygen atoms in total. The van der Waals surface area contributed by atoms with Crippen LogP contribution >= 0.6 is 0 Å². The number of hydrogen-bond donors (Lipinski definition) is 2. The van der Waals surface area contributed by atoms with Gasteiger partial charge in [0.15, 0.2) is 0 Å². The maximum atomic E-state index is 11.7. The molecule has 0 bridgehead atoms. The van der Waals surface area contributed by atoms with Crippen molar-refractivity contribution in [2.45, 2.75) is 38.5 Å². The summed E-state index contributed by atoms with van der Waals surface area (Å²) in [6.45, 7) is 0.733. The number of ketones is 1. The molecule has 0 spiro atoms. The molecule has 17 heavy (non-hydrogen) atoms. The lowest BCUT2D eigenvalue weighted by Gasteiger charge is -2.02. The van der Waals surface area contributed by atoms with Crippen molar-refractivity contribution in [1.29, 1.82) is 0 Å². The standard InChI is InChI=1S/C14H21NO2/c15-9-4-2-1-3-7-13(16)10-12-6-5-8-14(17)11-12/h5-6,8,11,17H,1-4,7,9-10,15H2. The molecule has 3 heteroatoms. The molecule has 0 fully saturated rings. The van der Waals surface area contributed by atoms with E-state index in [4.69, 9.17) is 5.73 Å². The van der Waals surface area contributed by atoms with Crippen molar-refractivity contribution in [1.82, 2.24) is 0 Å². The van der Waals surface area contributed by atoms with Gasteiger partial charge in [0, 0.05) is 12.8 Å². The van der Waals surface area contributed by atoms with Crippen molar-refractivity contribution in [3.8, 4) is 5.75 Å². The zero-order chi connectivity index (χ0) is 12.5. The Labute approximate surface area is 103 Å². The SMILES string of the molecule is NCCCCCCC(=O)Cc1cccc(O)c1. The minimum Gasteiger partial charge on any atom is -0.508 e. The lowest BCUT2D eigenvalue weighted by atomic mass is 10.0. The van der Waals surface area contributed by atoms with Gasteiger partial charge >= 0.3 is 0 Å². The van der Waals surface area contributed by atoms with Crippen LogP contribution in [0.15, 0.2) is 24.3 Å². The Morgan fingerprint density at radius 2 is 1.94 bits per heavy atom. The Kier molecular flexibility index (Phi) is 6.33. The molecule has 1 rings (SSSR count). The van der Waals surface area contributed by atoms with E-state index in [1.807, 2.05) is 6.07 Å². The first-order valence-corrected chi connectivity index (χ1v) is 6.22. The molecule has 0 atom stereocenters. The van der Waals surface area contributed by atoms with E-state index in [0.29, 0.717) is 12.8 Å². The molecule has 0 aromatic heterocycles. The van der Waals surface area contributed by atoms with E-state index in [1.165, 1.54) is 0 Å². The fourth-order valence-corrected chi connectivity index (χ4v) is 1.80. The van der Waals surface area contributed by atoms with E-state index >= 15 is 0 Å². The van der Waals surface area contributed by atoms with Crippen molar-refractivity contribution in [3.63, 3.8) is 0 Å². The van der Waals surface area contributed by atoms with Gasteiger partial charge in [-0.1, -0.05) is 25.0 Å². The van der Waals surface area contributed by atoms with Crippen LogP contribution in [0.25, 0.3) is 0 Å². The summed E-state index contributed by atoms with van der Waals surface area (Å²) in [4.78, 5) is 11.7. The molecule has 0 radical (unpaired) electrons. The Hall–Kier alpha value is -1.35. The van der Waals surface area contributed by atoms with Crippen LogP contribution in [0, 0.1) is 0 Å². The van der Waals surface area contributed by atoms with Crippen molar-refractivity contribution in [3.05, 3.63) is 29.8 Å². The quantitative estimate of drug-likeness (QED) is 0.680. The van der Waals surface area contributed by atoms with Crippen LogP contribution in [0.1, 0.15) is 37.7 Å². The highest BCUT2D eigenvalue weighted by atomic mass is 16.3. The summed E-state index contributed by atoms with van der Waals surface area (Å²) in [5.74, 6) is 0.460. The van der Waals surface area contributed by atoms with Crippen molar-refractivity contribution < 1.29 is 9.90 Å². The van der Waals surface area contributed by atoms with E-state index < -0.39 is 0 Å². The molecule has 3 N–H and O–H groups in total. The average Bonchev–Trinajstić information content (AvgIpc) is 2.29. The monoisotopic (exact) mass is 235 g/mol. The van der Waals surface area contributed by atoms with E-state index in [1.54, 1.807) is 18.2 Å². The molecule has 0 amide bonds. The zero-order valence-electron chi connectivity index (χ0n) is 10.2. The van der Waals surface area contributed by atoms with Crippen LogP contribution in [0.5, 0.6) is 5.75 Å². The van der Waals surface area contributed by atoms with E-state index in [2.05, 4.69) is 0 Å². The van der Waals surface area contributed by atoms with Gasteiger partial charge in [-0.25, -0.2) is 0 Å². The molecular formula is C14H21NO2. The number of unbranched alkanes of at least 4 members (excludes halogenated alkanes) is 3. The average molecular weight is 235 g/mol. The summed E-state index contributed by atoms with van der Waals surface area (Å²) >= 11 is 0. The van der Waals surface area contributed by atoms with Crippen molar-refractivity contribution in [2.75, 3.05) is 6.54 Å². The second-order valence-corrected chi connectivity index (χ2v) is 4.34. The molecule has 1 aromatic rings. The number of Topliss-reactive ketones (excluding diaryl/α,β-unsaturated/α-hetero) is 1. The highest BCUT2D eigenvalue weighted by Crippen LogP contribution is 2.13. The van der Waals surface area contributed by atoms with Crippen LogP contribution in [-0.2, 0) is 11.2 Å². The van der Waals surface area contributed by atoms with Gasteiger partial charge in [0.05, 0.1) is 0 Å². The fraction of sp³-hybridized carbons (Fsp3) is 0.500. The highest BCUT2D eigenvalue weighted by molar-refractivity contribution is 5.80. The Bertz CT molecular complexity index is 350. The summed E-state index contributed by atoms with van der Waals surface area (Å²) in [6, 6.07) is 6.89. The fourth-order valence-electron chi connectivity index (χ4n) is 1.80. The van der Waals surface area contributed by atoms with Gasteiger partial charge < -0.3 is 10.8 Å². The predicted molar refractivity (Wildman–Crippen MR) is 69.0 cm³/mol. The van der Waals surface area contributed by atoms with E-state index in [0.717, 1.165) is 37.8 Å². The minimum absolute atomic E-state index is 0.221. The normalized spacial score (nSPS) is 10.4. The molecule has 1 aromatic carbocycles. The van der Waals surface area contributed by atoms with Gasteiger partial charge in [0.25, 0.3) is 0 Å². The van der Waals surface area contributed by atoms with Gasteiger partial charge in [0.1, 0.15) is 11.5 Å². The van der Waals surface area contributed by atoms with Gasteiger partial charge in [-0.2, -0.15) is 0 Å². The van der Waals surface area contributed by atoms with Gasteiger partial charge in [-0.15, -0.1) is 0 Å². The maximum absolute atomic E-state index is 11.7. The van der Waals surface area contributed by atoms with Crippen molar-refractivity contribution >= 4 is 5.78 Å². The van der Waals surface area contributed by atoms with E-state index in [-0.39, 0.29) is 11.5 Å². The van der Waals surface area contributed by atoms with Gasteiger partial charge in [-0.3, -0.25) is 4.79 Å². The molecule has 0 aliphatic rings. The third kappa shape index (κ3) is 6.07. The summed E-state index contributed by atoms with van der Waals surface area (Å²) in [5.41, 5.74) is 6.28. The van der Waals surface area contributed by atoms with Crippen LogP contribution in [0.2, 0.25) is 0 Å². The molecule has 0 saturated heterocycles. The number of benzene rings is 1. The van der Waals surface area contributed by atoms with Crippen LogP contribution in [0.3, 0.4) is 0 Å². The molecular weight excluding hydrogens is 214 g/mol. The lowest BCUT2D eigenvalue weighted by Crippen LogP contribution is -2.03. The Morgan fingerprint density at radius 3 is 2.65 bits per heavy atom. The van der Waals surface area contributed by atoms with Crippen LogP contribution in [0.4, 0.5) is 0 Å². The summed E-state index contributed by atoms with van der Waals surface area (Å²) in [5, 5.41) is 9.28. The third-order valence-corrected chi connectivity index (χ3v) is 2.72. The topological polar surface area (TPSA) is 63.3 Å². The number of aromatic hydroxyl groups is 1. The first-order valence-electron chi connectivity index (χ1n) is 6.22.